The molecule has 1 aromatic heterocycles. The molecule has 2 heterocycles. The molecule has 0 aromatic carbocycles. The molecule has 1 aliphatic heterocycles. The molecule has 1 aromatic rings. The smallest absolute Gasteiger partial charge is 0.394 e. The maximum Gasteiger partial charge on any atom is 0.445 e. The molecule has 0 amide bonds. The lowest BCUT2D eigenvalue weighted by molar-refractivity contribution is -0.108. The monoisotopic (exact) mass is 358 g/mol. The minimum Gasteiger partial charge on any atom is -0.394 e. The predicted molar refractivity (Wildman–Crippen MR) is 68.1 cm³/mol. The number of ether oxygens (including phenoxy) is 1. The fourth-order valence-corrected chi connectivity index (χ4v) is 2.15. The molecule has 0 spiro atoms. The second-order valence-electron chi connectivity index (χ2n) is 4.95. The molecule has 1 aliphatic rings. The molecule has 0 bridgehead atoms. The van der Waals surface area contributed by atoms with Gasteiger partial charge in [-0.05, 0) is 0 Å². The van der Waals surface area contributed by atoms with E-state index in [9.17, 15) is 36.6 Å². The summed E-state index contributed by atoms with van der Waals surface area (Å²) in [6, 6.07) is 0. The Morgan fingerprint density at radius 1 is 1.38 bits per heavy atom. The lowest BCUT2D eigenvalue weighted by Crippen LogP contribution is -2.34. The number of rotatable bonds is 3. The molecule has 134 valence electrons. The van der Waals surface area contributed by atoms with Gasteiger partial charge < -0.3 is 14.9 Å². The Hall–Kier alpha value is -2.05. The first-order chi connectivity index (χ1) is 11.1. The van der Waals surface area contributed by atoms with E-state index in [4.69, 9.17) is 9.84 Å². The van der Waals surface area contributed by atoms with Gasteiger partial charge in [-0.1, -0.05) is 0 Å². The quantitative estimate of drug-likeness (QED) is 0.677. The summed E-state index contributed by atoms with van der Waals surface area (Å²) in [4.78, 5) is 24.7. The molecule has 7 nitrogen and oxygen atoms in total. The summed E-state index contributed by atoms with van der Waals surface area (Å²) in [7, 11) is 0. The molecule has 0 aliphatic carbocycles. The summed E-state index contributed by atoms with van der Waals surface area (Å²) >= 11 is 0. The number of hydrogen-bond acceptors (Lipinski definition) is 5. The van der Waals surface area contributed by atoms with Crippen LogP contribution in [-0.2, 0) is 4.74 Å². The average molecular weight is 358 g/mol. The molecule has 3 N–H and O–H groups in total. The van der Waals surface area contributed by atoms with Gasteiger partial charge >= 0.3 is 11.9 Å². The van der Waals surface area contributed by atoms with Gasteiger partial charge in [0.05, 0.1) is 18.3 Å². The third kappa shape index (κ3) is 3.39. The van der Waals surface area contributed by atoms with Crippen molar-refractivity contribution in [3.63, 3.8) is 0 Å². The highest BCUT2D eigenvalue weighted by Gasteiger charge is 2.40. The van der Waals surface area contributed by atoms with Crippen LogP contribution in [0.3, 0.4) is 0 Å². The molecule has 3 atom stereocenters. The van der Waals surface area contributed by atoms with Gasteiger partial charge in [-0.2, -0.15) is 17.6 Å². The van der Waals surface area contributed by atoms with E-state index >= 15 is 0 Å². The summed E-state index contributed by atoms with van der Waals surface area (Å²) in [5, 5.41) is 18.5. The fraction of sp³-hybridized carbons (Fsp3) is 0.500. The van der Waals surface area contributed by atoms with Crippen molar-refractivity contribution in [2.24, 2.45) is 0 Å². The third-order valence-corrected chi connectivity index (χ3v) is 3.34. The second-order valence-corrected chi connectivity index (χ2v) is 4.95. The first-order valence-corrected chi connectivity index (χ1v) is 6.49. The van der Waals surface area contributed by atoms with E-state index in [1.807, 2.05) is 0 Å². The number of aromatic amines is 1. The molecule has 1 fully saturated rings. The number of nitrogens with one attached hydrogen (secondary N) is 1. The third-order valence-electron chi connectivity index (χ3n) is 3.34. The SMILES string of the molecule is O=c1[nH]c(=O)n([C@H]2C[C@H](O)[C@@H](CO)O2)cc1/C(F)=C(\F)C(F)(F)F. The van der Waals surface area contributed by atoms with Gasteiger partial charge in [0.25, 0.3) is 5.56 Å². The molecule has 1 saturated heterocycles. The molecule has 24 heavy (non-hydrogen) atoms. The minimum atomic E-state index is -5.65. The minimum absolute atomic E-state index is 0.260. The van der Waals surface area contributed by atoms with Crippen molar-refractivity contribution in [1.82, 2.24) is 9.55 Å². The van der Waals surface area contributed by atoms with E-state index in [1.54, 1.807) is 0 Å². The Morgan fingerprint density at radius 2 is 2.00 bits per heavy atom. The molecule has 0 saturated carbocycles. The van der Waals surface area contributed by atoms with Gasteiger partial charge in [-0.15, -0.1) is 0 Å². The summed E-state index contributed by atoms with van der Waals surface area (Å²) in [5.41, 5.74) is -4.10. The number of hydrogen-bond donors (Lipinski definition) is 3. The van der Waals surface area contributed by atoms with E-state index in [0.29, 0.717) is 10.8 Å². The fourth-order valence-electron chi connectivity index (χ4n) is 2.15. The van der Waals surface area contributed by atoms with Crippen LogP contribution in [0.2, 0.25) is 0 Å². The van der Waals surface area contributed by atoms with Gasteiger partial charge in [-0.3, -0.25) is 14.3 Å². The Balaban J connectivity index is 2.51. The van der Waals surface area contributed by atoms with Gasteiger partial charge in [-0.25, -0.2) is 9.18 Å². The normalized spacial score (nSPS) is 25.7. The van der Waals surface area contributed by atoms with Crippen LogP contribution in [0.1, 0.15) is 18.2 Å². The van der Waals surface area contributed by atoms with E-state index in [-0.39, 0.29) is 6.42 Å². The average Bonchev–Trinajstić information content (AvgIpc) is 2.85. The van der Waals surface area contributed by atoms with E-state index in [1.165, 1.54) is 4.98 Å². The standard InChI is InChI=1S/C12H11F5N2O5/c13-8(9(14)12(15,16)17)4-2-19(11(23)18-10(4)22)7-1-5(21)6(3-20)24-7/h2,5-7,20-21H,1,3H2,(H,18,22,23)/b9-8+/t5-,6+,7+/m0/s1. The molecule has 12 heteroatoms. The number of H-pyrrole nitrogens is 1. The molecule has 2 rings (SSSR count). The highest BCUT2D eigenvalue weighted by Crippen LogP contribution is 2.33. The van der Waals surface area contributed by atoms with Gasteiger partial charge in [0.15, 0.2) is 5.83 Å². The highest BCUT2D eigenvalue weighted by molar-refractivity contribution is 5.60. The number of halogens is 5. The van der Waals surface area contributed by atoms with Crippen LogP contribution in [0.5, 0.6) is 0 Å². The van der Waals surface area contributed by atoms with Crippen molar-refractivity contribution in [2.45, 2.75) is 31.0 Å². The number of nitrogens with zero attached hydrogens (tertiary/aromatic N) is 1. The zero-order valence-corrected chi connectivity index (χ0v) is 11.7. The first-order valence-electron chi connectivity index (χ1n) is 6.49. The van der Waals surface area contributed by atoms with Crippen LogP contribution in [0.15, 0.2) is 21.6 Å². The van der Waals surface area contributed by atoms with Crippen molar-refractivity contribution in [2.75, 3.05) is 6.61 Å². The van der Waals surface area contributed by atoms with Crippen molar-refractivity contribution in [3.8, 4) is 0 Å². The van der Waals surface area contributed by atoms with Gasteiger partial charge in [0.2, 0.25) is 5.83 Å². The van der Waals surface area contributed by atoms with Crippen LogP contribution in [0, 0.1) is 0 Å². The zero-order chi connectivity index (χ0) is 18.2. The number of allylic oxidation sites excluding steroid dienone is 1. The second kappa shape index (κ2) is 6.45. The Morgan fingerprint density at radius 3 is 2.50 bits per heavy atom. The predicted octanol–water partition coefficient (Wildman–Crippen LogP) is 0.347. The summed E-state index contributed by atoms with van der Waals surface area (Å²) in [5.74, 6) is -5.62. The van der Waals surface area contributed by atoms with Crippen LogP contribution in [0.25, 0.3) is 5.83 Å². The highest BCUT2D eigenvalue weighted by atomic mass is 19.4. The van der Waals surface area contributed by atoms with Crippen molar-refractivity contribution >= 4 is 5.83 Å². The Kier molecular flexibility index (Phi) is 4.92. The number of alkyl halides is 3. The topological polar surface area (TPSA) is 105 Å². The lowest BCUT2D eigenvalue weighted by Gasteiger charge is -2.15. The van der Waals surface area contributed by atoms with Gasteiger partial charge in [0, 0.05) is 12.6 Å². The molecular weight excluding hydrogens is 347 g/mol. The van der Waals surface area contributed by atoms with E-state index in [2.05, 4.69) is 0 Å². The van der Waals surface area contributed by atoms with Crippen LogP contribution in [0.4, 0.5) is 22.0 Å². The molecule has 0 radical (unpaired) electrons. The summed E-state index contributed by atoms with van der Waals surface area (Å²) in [6.45, 7) is -0.612. The first kappa shape index (κ1) is 18.3. The maximum atomic E-state index is 13.6. The maximum absolute atomic E-state index is 13.6. The number of aliphatic hydroxyl groups excluding tert-OH is 2. The van der Waals surface area contributed by atoms with E-state index in [0.717, 1.165) is 0 Å². The van der Waals surface area contributed by atoms with Crippen LogP contribution >= 0.6 is 0 Å². The van der Waals surface area contributed by atoms with Crippen LogP contribution in [-0.4, -0.2) is 44.8 Å². The largest absolute Gasteiger partial charge is 0.445 e. The van der Waals surface area contributed by atoms with Gasteiger partial charge in [0.1, 0.15) is 12.3 Å². The van der Waals surface area contributed by atoms with Crippen molar-refractivity contribution in [3.05, 3.63) is 38.4 Å². The Labute approximate surface area is 129 Å². The summed E-state index contributed by atoms with van der Waals surface area (Å²) in [6.07, 6.45) is -9.12. The number of aromatic nitrogens is 2. The molecule has 0 unspecified atom stereocenters. The van der Waals surface area contributed by atoms with Crippen molar-refractivity contribution in [1.29, 1.82) is 0 Å². The van der Waals surface area contributed by atoms with Crippen molar-refractivity contribution < 1.29 is 36.9 Å². The Bertz CT molecular complexity index is 768. The zero-order valence-electron chi connectivity index (χ0n) is 11.7. The lowest BCUT2D eigenvalue weighted by atomic mass is 10.2. The van der Waals surface area contributed by atoms with Crippen LogP contribution < -0.4 is 11.2 Å². The molecular formula is C12H11F5N2O5. The number of aliphatic hydroxyl groups is 2. The summed E-state index contributed by atoms with van der Waals surface area (Å²) < 4.78 is 68.8. The van der Waals surface area contributed by atoms with E-state index < -0.39 is 59.7 Å².